The van der Waals surface area contributed by atoms with E-state index < -0.39 is 18.5 Å². The Bertz CT molecular complexity index is 945. The van der Waals surface area contributed by atoms with Gasteiger partial charge in [0.15, 0.2) is 6.61 Å². The van der Waals surface area contributed by atoms with Gasteiger partial charge in [-0.3, -0.25) is 19.8 Å². The van der Waals surface area contributed by atoms with Gasteiger partial charge in [-0.1, -0.05) is 23.7 Å². The molecule has 2 N–H and O–H groups in total. The monoisotopic (exact) mass is 415 g/mol. The van der Waals surface area contributed by atoms with Crippen molar-refractivity contribution in [2.75, 3.05) is 11.6 Å². The number of nitrogens with one attached hydrogen (secondary N) is 2. The van der Waals surface area contributed by atoms with Crippen LogP contribution in [0.2, 0.25) is 5.02 Å². The van der Waals surface area contributed by atoms with E-state index in [9.17, 15) is 19.2 Å². The molecule has 2 aromatic rings. The second-order valence-corrected chi connectivity index (χ2v) is 6.73. The van der Waals surface area contributed by atoms with Crippen molar-refractivity contribution in [2.24, 2.45) is 0 Å². The Labute approximate surface area is 171 Å². The van der Waals surface area contributed by atoms with E-state index in [1.165, 1.54) is 24.3 Å². The molecule has 0 radical (unpaired) electrons. The van der Waals surface area contributed by atoms with Crippen LogP contribution in [-0.2, 0) is 25.7 Å². The number of ether oxygens (including phenoxy) is 1. The van der Waals surface area contributed by atoms with E-state index >= 15 is 0 Å². The molecule has 150 valence electrons. The fourth-order valence-corrected chi connectivity index (χ4v) is 2.86. The topological polar surface area (TPSA) is 105 Å². The largest absolute Gasteiger partial charge is 0.452 e. The zero-order valence-corrected chi connectivity index (χ0v) is 16.1. The zero-order chi connectivity index (χ0) is 20.8. The number of benzene rings is 2. The van der Waals surface area contributed by atoms with Crippen LogP contribution in [0, 0.1) is 0 Å². The lowest BCUT2D eigenvalue weighted by molar-refractivity contribution is -0.130. The maximum absolute atomic E-state index is 12.1. The van der Waals surface area contributed by atoms with E-state index in [1.54, 1.807) is 18.2 Å². The Morgan fingerprint density at radius 1 is 1.10 bits per heavy atom. The Morgan fingerprint density at radius 2 is 1.86 bits per heavy atom. The van der Waals surface area contributed by atoms with Gasteiger partial charge in [0.1, 0.15) is 0 Å². The van der Waals surface area contributed by atoms with Crippen molar-refractivity contribution in [1.29, 1.82) is 0 Å². The predicted octanol–water partition coefficient (Wildman–Crippen LogP) is 1.97. The fourth-order valence-electron chi connectivity index (χ4n) is 2.64. The van der Waals surface area contributed by atoms with Crippen molar-refractivity contribution in [1.82, 2.24) is 10.7 Å². The number of halogens is 1. The number of anilines is 1. The molecule has 0 aromatic heterocycles. The molecule has 1 aliphatic heterocycles. The second-order valence-electron chi connectivity index (χ2n) is 6.29. The molecule has 1 fully saturated rings. The van der Waals surface area contributed by atoms with Crippen molar-refractivity contribution in [3.05, 3.63) is 64.7 Å². The predicted molar refractivity (Wildman–Crippen MR) is 105 cm³/mol. The Balaban J connectivity index is 1.49. The normalized spacial score (nSPS) is 13.6. The standard InChI is InChI=1S/C20H18ClN3O5/c21-15-3-1-2-13(10-15)11-22-18(26)12-29-20(28)14-4-6-16(7-5-14)24-19(27)9-8-17(25)23-24/h1-7,10H,8-9,11-12H2,(H,22,26)(H,23,25). The van der Waals surface area contributed by atoms with E-state index in [-0.39, 0.29) is 36.8 Å². The van der Waals surface area contributed by atoms with E-state index in [0.717, 1.165) is 10.6 Å². The average Bonchev–Trinajstić information content (AvgIpc) is 2.72. The SMILES string of the molecule is O=C(COC(=O)c1ccc(N2NC(=O)CCC2=O)cc1)NCc1cccc(Cl)c1. The summed E-state index contributed by atoms with van der Waals surface area (Å²) in [5.41, 5.74) is 3.94. The highest BCUT2D eigenvalue weighted by Gasteiger charge is 2.24. The molecule has 0 atom stereocenters. The minimum Gasteiger partial charge on any atom is -0.452 e. The lowest BCUT2D eigenvalue weighted by atomic mass is 10.2. The van der Waals surface area contributed by atoms with Crippen LogP contribution in [0.5, 0.6) is 0 Å². The van der Waals surface area contributed by atoms with E-state index in [1.807, 2.05) is 6.07 Å². The smallest absolute Gasteiger partial charge is 0.338 e. The first-order valence-electron chi connectivity index (χ1n) is 8.83. The van der Waals surface area contributed by atoms with Gasteiger partial charge in [-0.05, 0) is 42.0 Å². The van der Waals surface area contributed by atoms with Gasteiger partial charge < -0.3 is 10.1 Å². The van der Waals surface area contributed by atoms with Crippen LogP contribution >= 0.6 is 11.6 Å². The minimum absolute atomic E-state index is 0.125. The summed E-state index contributed by atoms with van der Waals surface area (Å²) < 4.78 is 5.00. The highest BCUT2D eigenvalue weighted by Crippen LogP contribution is 2.18. The molecule has 8 nitrogen and oxygen atoms in total. The third-order valence-corrected chi connectivity index (χ3v) is 4.36. The molecule has 3 rings (SSSR count). The van der Waals surface area contributed by atoms with Crippen molar-refractivity contribution in [2.45, 2.75) is 19.4 Å². The van der Waals surface area contributed by atoms with Crippen molar-refractivity contribution in [3.63, 3.8) is 0 Å². The summed E-state index contributed by atoms with van der Waals surface area (Å²) in [5, 5.41) is 4.35. The van der Waals surface area contributed by atoms with Gasteiger partial charge in [0.05, 0.1) is 11.3 Å². The van der Waals surface area contributed by atoms with Crippen molar-refractivity contribution >= 4 is 41.0 Å². The molecule has 0 spiro atoms. The number of hydrogen-bond acceptors (Lipinski definition) is 5. The molecule has 1 saturated heterocycles. The van der Waals surface area contributed by atoms with Crippen LogP contribution in [0.4, 0.5) is 5.69 Å². The summed E-state index contributed by atoms with van der Waals surface area (Å²) in [7, 11) is 0. The van der Waals surface area contributed by atoms with Crippen LogP contribution < -0.4 is 15.8 Å². The lowest BCUT2D eigenvalue weighted by Gasteiger charge is -2.27. The Hall–Kier alpha value is -3.39. The summed E-state index contributed by atoms with van der Waals surface area (Å²) in [6, 6.07) is 13.0. The summed E-state index contributed by atoms with van der Waals surface area (Å²) in [6.07, 6.45) is 0.277. The molecule has 1 aliphatic rings. The number of nitrogens with zero attached hydrogens (tertiary/aromatic N) is 1. The van der Waals surface area contributed by atoms with Gasteiger partial charge in [-0.25, -0.2) is 9.80 Å². The molecule has 0 unspecified atom stereocenters. The number of amides is 3. The number of hydrazine groups is 1. The maximum atomic E-state index is 12.1. The van der Waals surface area contributed by atoms with Gasteiger partial charge in [-0.15, -0.1) is 0 Å². The molecule has 0 saturated carbocycles. The summed E-state index contributed by atoms with van der Waals surface area (Å²) >= 11 is 5.88. The van der Waals surface area contributed by atoms with Gasteiger partial charge in [-0.2, -0.15) is 0 Å². The maximum Gasteiger partial charge on any atom is 0.338 e. The summed E-state index contributed by atoms with van der Waals surface area (Å²) in [5.74, 6) is -1.62. The molecule has 0 aliphatic carbocycles. The number of carbonyl (C=O) groups excluding carboxylic acids is 4. The van der Waals surface area contributed by atoms with E-state index in [0.29, 0.717) is 10.7 Å². The first-order valence-corrected chi connectivity index (χ1v) is 9.21. The molecule has 2 aromatic carbocycles. The van der Waals surface area contributed by atoms with Crippen molar-refractivity contribution < 1.29 is 23.9 Å². The summed E-state index contributed by atoms with van der Waals surface area (Å²) in [4.78, 5) is 47.3. The molecule has 0 bridgehead atoms. The fraction of sp³-hybridized carbons (Fsp3) is 0.200. The van der Waals surface area contributed by atoms with Gasteiger partial charge in [0.25, 0.3) is 5.91 Å². The number of esters is 1. The zero-order valence-electron chi connectivity index (χ0n) is 15.3. The van der Waals surface area contributed by atoms with Crippen LogP contribution in [0.15, 0.2) is 48.5 Å². The highest BCUT2D eigenvalue weighted by molar-refractivity contribution is 6.30. The molecular weight excluding hydrogens is 398 g/mol. The van der Waals surface area contributed by atoms with E-state index in [4.69, 9.17) is 16.3 Å². The first kappa shape index (κ1) is 20.3. The van der Waals surface area contributed by atoms with Crippen LogP contribution in [0.3, 0.4) is 0 Å². The molecule has 1 heterocycles. The quantitative estimate of drug-likeness (QED) is 0.702. The molecule has 9 heteroatoms. The van der Waals surface area contributed by atoms with Gasteiger partial charge in [0, 0.05) is 24.4 Å². The lowest BCUT2D eigenvalue weighted by Crippen LogP contribution is -2.50. The third kappa shape index (κ3) is 5.55. The number of rotatable bonds is 6. The average molecular weight is 416 g/mol. The molecule has 29 heavy (non-hydrogen) atoms. The Kier molecular flexibility index (Phi) is 6.46. The minimum atomic E-state index is -0.677. The molecule has 3 amide bonds. The van der Waals surface area contributed by atoms with Crippen LogP contribution in [-0.4, -0.2) is 30.3 Å². The van der Waals surface area contributed by atoms with E-state index in [2.05, 4.69) is 10.7 Å². The third-order valence-electron chi connectivity index (χ3n) is 4.13. The van der Waals surface area contributed by atoms with Gasteiger partial charge in [0.2, 0.25) is 11.8 Å². The van der Waals surface area contributed by atoms with Crippen molar-refractivity contribution in [3.8, 4) is 0 Å². The number of hydrogen-bond donors (Lipinski definition) is 2. The summed E-state index contributed by atoms with van der Waals surface area (Å²) in [6.45, 7) is -0.164. The Morgan fingerprint density at radius 3 is 2.59 bits per heavy atom. The van der Waals surface area contributed by atoms with Gasteiger partial charge >= 0.3 is 5.97 Å². The van der Waals surface area contributed by atoms with Crippen LogP contribution in [0.25, 0.3) is 0 Å². The first-order chi connectivity index (χ1) is 13.9. The number of carbonyl (C=O) groups is 4. The second kappa shape index (κ2) is 9.20. The molecular formula is C20H18ClN3O5. The highest BCUT2D eigenvalue weighted by atomic mass is 35.5. The van der Waals surface area contributed by atoms with Crippen LogP contribution in [0.1, 0.15) is 28.8 Å².